The first-order chi connectivity index (χ1) is 9.91. The smallest absolute Gasteiger partial charge is 0.377 e. The van der Waals surface area contributed by atoms with Gasteiger partial charge < -0.3 is 5.32 Å². The fourth-order valence-electron chi connectivity index (χ4n) is 2.13. The standard InChI is InChI=1S/C16H16F3NS/c1-3-5-14(15-11(2)8-9-21-15)20-13-7-4-6-12(10-13)16(17,18)19/h3-4,6-10,14,20H,1,5H2,2H3. The van der Waals surface area contributed by atoms with E-state index in [1.54, 1.807) is 23.5 Å². The second kappa shape index (κ2) is 6.35. The Morgan fingerprint density at radius 2 is 2.10 bits per heavy atom. The third-order valence-corrected chi connectivity index (χ3v) is 4.28. The molecular weight excluding hydrogens is 295 g/mol. The van der Waals surface area contributed by atoms with Crippen LogP contribution in [0.15, 0.2) is 48.4 Å². The van der Waals surface area contributed by atoms with Gasteiger partial charge >= 0.3 is 6.18 Å². The molecule has 1 unspecified atom stereocenters. The summed E-state index contributed by atoms with van der Waals surface area (Å²) in [5.74, 6) is 0. The van der Waals surface area contributed by atoms with Crippen LogP contribution in [0.1, 0.15) is 28.5 Å². The van der Waals surface area contributed by atoms with Crippen LogP contribution in [-0.2, 0) is 6.18 Å². The maximum atomic E-state index is 12.7. The Hall–Kier alpha value is -1.75. The molecule has 5 heteroatoms. The Kier molecular flexibility index (Phi) is 4.73. The zero-order chi connectivity index (χ0) is 15.5. The summed E-state index contributed by atoms with van der Waals surface area (Å²) < 4.78 is 38.2. The van der Waals surface area contributed by atoms with Gasteiger partial charge in [0.25, 0.3) is 0 Å². The Bertz CT molecular complexity index is 616. The Morgan fingerprint density at radius 3 is 2.67 bits per heavy atom. The highest BCUT2D eigenvalue weighted by Crippen LogP contribution is 2.33. The first kappa shape index (κ1) is 15.6. The van der Waals surface area contributed by atoms with E-state index in [1.165, 1.54) is 6.07 Å². The first-order valence-electron chi connectivity index (χ1n) is 6.50. The van der Waals surface area contributed by atoms with E-state index >= 15 is 0 Å². The summed E-state index contributed by atoms with van der Waals surface area (Å²) in [5.41, 5.74) is 0.948. The highest BCUT2D eigenvalue weighted by atomic mass is 32.1. The normalized spacial score (nSPS) is 13.0. The molecule has 0 spiro atoms. The largest absolute Gasteiger partial charge is 0.416 e. The van der Waals surface area contributed by atoms with Crippen LogP contribution in [0.2, 0.25) is 0 Å². The maximum absolute atomic E-state index is 12.7. The van der Waals surface area contributed by atoms with Crippen LogP contribution in [0.5, 0.6) is 0 Å². The van der Waals surface area contributed by atoms with Crippen LogP contribution >= 0.6 is 11.3 Å². The van der Waals surface area contributed by atoms with Gasteiger partial charge in [0.15, 0.2) is 0 Å². The second-order valence-corrected chi connectivity index (χ2v) is 5.72. The van der Waals surface area contributed by atoms with E-state index in [9.17, 15) is 13.2 Å². The quantitative estimate of drug-likeness (QED) is 0.688. The monoisotopic (exact) mass is 311 g/mol. The molecule has 1 aromatic heterocycles. The van der Waals surface area contributed by atoms with Gasteiger partial charge in [-0.15, -0.1) is 17.9 Å². The highest BCUT2D eigenvalue weighted by Gasteiger charge is 2.30. The van der Waals surface area contributed by atoms with Crippen molar-refractivity contribution in [2.75, 3.05) is 5.32 Å². The van der Waals surface area contributed by atoms with Crippen molar-refractivity contribution in [1.29, 1.82) is 0 Å². The van der Waals surface area contributed by atoms with Crippen molar-refractivity contribution in [3.63, 3.8) is 0 Å². The van der Waals surface area contributed by atoms with Gasteiger partial charge in [-0.05, 0) is 48.6 Å². The van der Waals surface area contributed by atoms with Crippen molar-refractivity contribution in [3.05, 3.63) is 64.4 Å². The minimum atomic E-state index is -4.33. The molecule has 0 fully saturated rings. The number of benzene rings is 1. The topological polar surface area (TPSA) is 12.0 Å². The molecule has 1 nitrogen and oxygen atoms in total. The van der Waals surface area contributed by atoms with Gasteiger partial charge in [-0.1, -0.05) is 12.1 Å². The molecule has 0 aliphatic carbocycles. The summed E-state index contributed by atoms with van der Waals surface area (Å²) >= 11 is 1.59. The molecule has 2 rings (SSSR count). The molecule has 0 radical (unpaired) electrons. The minimum Gasteiger partial charge on any atom is -0.377 e. The molecule has 0 bridgehead atoms. The van der Waals surface area contributed by atoms with Gasteiger partial charge in [0.2, 0.25) is 0 Å². The number of halogens is 3. The molecule has 0 amide bonds. The second-order valence-electron chi connectivity index (χ2n) is 4.77. The number of nitrogens with one attached hydrogen (secondary N) is 1. The zero-order valence-corrected chi connectivity index (χ0v) is 12.4. The van der Waals surface area contributed by atoms with Crippen molar-refractivity contribution in [1.82, 2.24) is 0 Å². The lowest BCUT2D eigenvalue weighted by Gasteiger charge is -2.19. The van der Waals surface area contributed by atoms with Gasteiger partial charge in [0.05, 0.1) is 11.6 Å². The lowest BCUT2D eigenvalue weighted by atomic mass is 10.1. The minimum absolute atomic E-state index is 0.0639. The molecule has 21 heavy (non-hydrogen) atoms. The SMILES string of the molecule is C=CCC(Nc1cccc(C(F)(F)F)c1)c1sccc1C. The summed E-state index contributed by atoms with van der Waals surface area (Å²) in [4.78, 5) is 1.12. The average Bonchev–Trinajstić information content (AvgIpc) is 2.84. The fourth-order valence-corrected chi connectivity index (χ4v) is 3.12. The molecular formula is C16H16F3NS. The number of hydrogen-bond acceptors (Lipinski definition) is 2. The molecule has 0 saturated heterocycles. The van der Waals surface area contributed by atoms with Crippen LogP contribution in [0.4, 0.5) is 18.9 Å². The predicted octanol–water partition coefficient (Wildman–Crippen LogP) is 5.80. The van der Waals surface area contributed by atoms with E-state index in [1.807, 2.05) is 18.4 Å². The maximum Gasteiger partial charge on any atom is 0.416 e. The highest BCUT2D eigenvalue weighted by molar-refractivity contribution is 7.10. The average molecular weight is 311 g/mol. The molecule has 112 valence electrons. The number of alkyl halides is 3. The number of aryl methyl sites for hydroxylation is 1. The number of anilines is 1. The lowest BCUT2D eigenvalue weighted by Crippen LogP contribution is -2.11. The molecule has 0 aliphatic rings. The van der Waals surface area contributed by atoms with E-state index in [2.05, 4.69) is 11.9 Å². The summed E-state index contributed by atoms with van der Waals surface area (Å²) in [6.07, 6.45) is -1.91. The summed E-state index contributed by atoms with van der Waals surface area (Å²) in [6.45, 7) is 5.72. The third kappa shape index (κ3) is 3.88. The van der Waals surface area contributed by atoms with Crippen molar-refractivity contribution in [2.45, 2.75) is 25.6 Å². The first-order valence-corrected chi connectivity index (χ1v) is 7.38. The predicted molar refractivity (Wildman–Crippen MR) is 81.7 cm³/mol. The van der Waals surface area contributed by atoms with E-state index in [0.717, 1.165) is 22.6 Å². The fraction of sp³-hybridized carbons (Fsp3) is 0.250. The van der Waals surface area contributed by atoms with Gasteiger partial charge in [-0.25, -0.2) is 0 Å². The molecule has 0 saturated carbocycles. The molecule has 1 aromatic carbocycles. The molecule has 1 N–H and O–H groups in total. The van der Waals surface area contributed by atoms with Crippen LogP contribution in [0.25, 0.3) is 0 Å². The summed E-state index contributed by atoms with van der Waals surface area (Å²) in [7, 11) is 0. The van der Waals surface area contributed by atoms with E-state index < -0.39 is 11.7 Å². The van der Waals surface area contributed by atoms with Crippen LogP contribution in [0.3, 0.4) is 0 Å². The molecule has 1 heterocycles. The van der Waals surface area contributed by atoms with E-state index in [0.29, 0.717) is 12.1 Å². The van der Waals surface area contributed by atoms with Crippen molar-refractivity contribution >= 4 is 17.0 Å². The lowest BCUT2D eigenvalue weighted by molar-refractivity contribution is -0.137. The van der Waals surface area contributed by atoms with Crippen LogP contribution in [-0.4, -0.2) is 0 Å². The Labute approximate surface area is 126 Å². The summed E-state index contributed by atoms with van der Waals surface area (Å²) in [5, 5.41) is 5.16. The number of thiophene rings is 1. The Morgan fingerprint density at radius 1 is 1.33 bits per heavy atom. The van der Waals surface area contributed by atoms with Gasteiger partial charge in [0, 0.05) is 10.6 Å². The summed E-state index contributed by atoms with van der Waals surface area (Å²) in [6, 6.07) is 7.21. The molecule has 1 atom stereocenters. The Balaban J connectivity index is 2.25. The number of rotatable bonds is 5. The van der Waals surface area contributed by atoms with Gasteiger partial charge in [-0.2, -0.15) is 13.2 Å². The van der Waals surface area contributed by atoms with Crippen LogP contribution < -0.4 is 5.32 Å². The van der Waals surface area contributed by atoms with E-state index in [-0.39, 0.29) is 6.04 Å². The van der Waals surface area contributed by atoms with Crippen molar-refractivity contribution < 1.29 is 13.2 Å². The third-order valence-electron chi connectivity index (χ3n) is 3.15. The van der Waals surface area contributed by atoms with Crippen molar-refractivity contribution in [2.24, 2.45) is 0 Å². The van der Waals surface area contributed by atoms with Crippen molar-refractivity contribution in [3.8, 4) is 0 Å². The van der Waals surface area contributed by atoms with E-state index in [4.69, 9.17) is 0 Å². The molecule has 0 aliphatic heterocycles. The number of hydrogen-bond donors (Lipinski definition) is 1. The van der Waals surface area contributed by atoms with Crippen LogP contribution in [0, 0.1) is 6.92 Å². The van der Waals surface area contributed by atoms with Gasteiger partial charge in [-0.3, -0.25) is 0 Å². The molecule has 2 aromatic rings. The zero-order valence-electron chi connectivity index (χ0n) is 11.6. The van der Waals surface area contributed by atoms with Gasteiger partial charge in [0.1, 0.15) is 0 Å².